The molecule has 0 radical (unpaired) electrons. The van der Waals surface area contributed by atoms with E-state index >= 15 is 0 Å². The van der Waals surface area contributed by atoms with E-state index in [2.05, 4.69) is 49.5 Å². The molecule has 0 amide bonds. The van der Waals surface area contributed by atoms with Crippen molar-refractivity contribution in [2.24, 2.45) is 5.41 Å². The average molecular weight is 280 g/mol. The number of hydrogen-bond acceptors (Lipinski definition) is 3. The van der Waals surface area contributed by atoms with Crippen molar-refractivity contribution in [1.82, 2.24) is 10.2 Å². The Morgan fingerprint density at radius 1 is 1.53 bits per heavy atom. The number of hydrogen-bond donors (Lipinski definition) is 1. The molecular formula is C16H28N2S. The highest BCUT2D eigenvalue weighted by Gasteiger charge is 2.31. The van der Waals surface area contributed by atoms with Gasteiger partial charge in [-0.15, -0.1) is 11.3 Å². The molecule has 3 heteroatoms. The lowest BCUT2D eigenvalue weighted by atomic mass is 9.83. The van der Waals surface area contributed by atoms with Crippen molar-refractivity contribution in [2.45, 2.75) is 46.1 Å². The first-order valence-corrected chi connectivity index (χ1v) is 8.42. The highest BCUT2D eigenvalue weighted by atomic mass is 32.1. The van der Waals surface area contributed by atoms with Crippen LogP contribution in [0.5, 0.6) is 0 Å². The normalized spacial score (nSPS) is 23.1. The van der Waals surface area contributed by atoms with Gasteiger partial charge in [0, 0.05) is 30.6 Å². The van der Waals surface area contributed by atoms with Crippen LogP contribution in [0.4, 0.5) is 0 Å². The largest absolute Gasteiger partial charge is 0.319 e. The first-order chi connectivity index (χ1) is 9.09. The maximum absolute atomic E-state index is 3.39. The summed E-state index contributed by atoms with van der Waals surface area (Å²) < 4.78 is 0. The Bertz CT molecular complexity index is 393. The molecule has 1 aliphatic heterocycles. The standard InChI is InChI=1S/C16H28N2S/c1-5-8-16(3,11-17-4)12-18-9-6-15-14(13(18)2)7-10-19-15/h7,10,13,17H,5-6,8-9,11-12H2,1-4H3. The summed E-state index contributed by atoms with van der Waals surface area (Å²) in [6.07, 6.45) is 3.80. The topological polar surface area (TPSA) is 15.3 Å². The molecular weight excluding hydrogens is 252 g/mol. The van der Waals surface area contributed by atoms with Crippen LogP contribution < -0.4 is 5.32 Å². The van der Waals surface area contributed by atoms with Gasteiger partial charge in [0.05, 0.1) is 0 Å². The average Bonchev–Trinajstić information content (AvgIpc) is 2.82. The molecule has 2 rings (SSSR count). The third-order valence-electron chi connectivity index (χ3n) is 4.45. The van der Waals surface area contributed by atoms with Crippen molar-refractivity contribution in [2.75, 3.05) is 26.7 Å². The van der Waals surface area contributed by atoms with Crippen LogP contribution in [0.2, 0.25) is 0 Å². The maximum Gasteiger partial charge on any atom is 0.0331 e. The van der Waals surface area contributed by atoms with Gasteiger partial charge in [0.15, 0.2) is 0 Å². The number of nitrogens with zero attached hydrogens (tertiary/aromatic N) is 1. The highest BCUT2D eigenvalue weighted by molar-refractivity contribution is 7.10. The van der Waals surface area contributed by atoms with Crippen LogP contribution in [-0.4, -0.2) is 31.6 Å². The van der Waals surface area contributed by atoms with Crippen molar-refractivity contribution >= 4 is 11.3 Å². The van der Waals surface area contributed by atoms with E-state index in [-0.39, 0.29) is 0 Å². The lowest BCUT2D eigenvalue weighted by Crippen LogP contribution is -2.44. The summed E-state index contributed by atoms with van der Waals surface area (Å²) in [4.78, 5) is 4.29. The molecule has 0 saturated carbocycles. The van der Waals surface area contributed by atoms with Gasteiger partial charge in [-0.25, -0.2) is 0 Å². The fraction of sp³-hybridized carbons (Fsp3) is 0.750. The monoisotopic (exact) mass is 280 g/mol. The van der Waals surface area contributed by atoms with Gasteiger partial charge in [0.2, 0.25) is 0 Å². The molecule has 0 fully saturated rings. The van der Waals surface area contributed by atoms with Crippen LogP contribution in [0.25, 0.3) is 0 Å². The summed E-state index contributed by atoms with van der Waals surface area (Å²) in [6, 6.07) is 2.91. The molecule has 0 aliphatic carbocycles. The number of thiophene rings is 1. The second kappa shape index (κ2) is 6.38. The quantitative estimate of drug-likeness (QED) is 0.855. The van der Waals surface area contributed by atoms with E-state index in [1.165, 1.54) is 32.4 Å². The van der Waals surface area contributed by atoms with E-state index in [1.54, 1.807) is 10.4 Å². The Morgan fingerprint density at radius 3 is 3.00 bits per heavy atom. The Balaban J connectivity index is 2.06. The summed E-state index contributed by atoms with van der Waals surface area (Å²) in [5, 5.41) is 5.64. The second-order valence-corrected chi connectivity index (χ2v) is 7.29. The lowest BCUT2D eigenvalue weighted by Gasteiger charge is -2.41. The summed E-state index contributed by atoms with van der Waals surface area (Å²) in [5.41, 5.74) is 1.96. The minimum absolute atomic E-state index is 0.394. The summed E-state index contributed by atoms with van der Waals surface area (Å²) in [7, 11) is 2.07. The number of rotatable bonds is 6. The van der Waals surface area contributed by atoms with Gasteiger partial charge in [-0.1, -0.05) is 20.3 Å². The molecule has 2 heterocycles. The van der Waals surface area contributed by atoms with Gasteiger partial charge >= 0.3 is 0 Å². The Kier molecular flexibility index (Phi) is 5.04. The molecule has 1 aromatic rings. The van der Waals surface area contributed by atoms with Crippen molar-refractivity contribution in [3.05, 3.63) is 21.9 Å². The fourth-order valence-electron chi connectivity index (χ4n) is 3.52. The van der Waals surface area contributed by atoms with E-state index < -0.39 is 0 Å². The molecule has 1 aromatic heterocycles. The van der Waals surface area contributed by atoms with E-state index in [1.807, 2.05) is 11.3 Å². The summed E-state index contributed by atoms with van der Waals surface area (Å²) in [6.45, 7) is 10.6. The molecule has 1 N–H and O–H groups in total. The molecule has 0 aromatic carbocycles. The van der Waals surface area contributed by atoms with Crippen molar-refractivity contribution < 1.29 is 0 Å². The molecule has 19 heavy (non-hydrogen) atoms. The second-order valence-electron chi connectivity index (χ2n) is 6.29. The molecule has 108 valence electrons. The molecule has 0 bridgehead atoms. The van der Waals surface area contributed by atoms with Gasteiger partial charge in [-0.3, -0.25) is 4.90 Å². The van der Waals surface area contributed by atoms with Crippen molar-refractivity contribution in [1.29, 1.82) is 0 Å². The van der Waals surface area contributed by atoms with Gasteiger partial charge in [0.1, 0.15) is 0 Å². The van der Waals surface area contributed by atoms with Crippen LogP contribution in [0.1, 0.15) is 50.1 Å². The van der Waals surface area contributed by atoms with E-state index in [0.717, 1.165) is 6.54 Å². The first kappa shape index (κ1) is 15.0. The van der Waals surface area contributed by atoms with E-state index in [4.69, 9.17) is 0 Å². The van der Waals surface area contributed by atoms with Crippen molar-refractivity contribution in [3.8, 4) is 0 Å². The van der Waals surface area contributed by atoms with Crippen LogP contribution in [-0.2, 0) is 6.42 Å². The maximum atomic E-state index is 3.39. The van der Waals surface area contributed by atoms with E-state index in [9.17, 15) is 0 Å². The van der Waals surface area contributed by atoms with Gasteiger partial charge in [-0.2, -0.15) is 0 Å². The Hall–Kier alpha value is -0.380. The highest BCUT2D eigenvalue weighted by Crippen LogP contribution is 2.35. The van der Waals surface area contributed by atoms with Gasteiger partial charge < -0.3 is 5.32 Å². The number of fused-ring (bicyclic) bond motifs is 1. The Morgan fingerprint density at radius 2 is 2.32 bits per heavy atom. The van der Waals surface area contributed by atoms with Crippen LogP contribution in [0, 0.1) is 5.41 Å². The zero-order valence-corrected chi connectivity index (χ0v) is 13.6. The predicted octanol–water partition coefficient (Wildman–Crippen LogP) is 3.69. The third kappa shape index (κ3) is 3.39. The van der Waals surface area contributed by atoms with Gasteiger partial charge in [0.25, 0.3) is 0 Å². The first-order valence-electron chi connectivity index (χ1n) is 7.54. The molecule has 2 atom stereocenters. The fourth-order valence-corrected chi connectivity index (χ4v) is 4.48. The third-order valence-corrected chi connectivity index (χ3v) is 5.44. The Labute approximate surface area is 122 Å². The smallest absolute Gasteiger partial charge is 0.0331 e. The molecule has 2 nitrogen and oxygen atoms in total. The minimum atomic E-state index is 0.394. The summed E-state index contributed by atoms with van der Waals surface area (Å²) in [5.74, 6) is 0. The van der Waals surface area contributed by atoms with Crippen LogP contribution >= 0.6 is 11.3 Å². The zero-order chi connectivity index (χ0) is 13.9. The molecule has 1 aliphatic rings. The van der Waals surface area contributed by atoms with Crippen molar-refractivity contribution in [3.63, 3.8) is 0 Å². The SMILES string of the molecule is CCCC(C)(CNC)CN1CCc2sccc2C1C. The molecule has 2 unspecified atom stereocenters. The van der Waals surface area contributed by atoms with E-state index in [0.29, 0.717) is 11.5 Å². The lowest BCUT2D eigenvalue weighted by molar-refractivity contribution is 0.111. The van der Waals surface area contributed by atoms with Gasteiger partial charge in [-0.05, 0) is 49.2 Å². The molecule has 0 spiro atoms. The zero-order valence-electron chi connectivity index (χ0n) is 12.8. The molecule has 0 saturated heterocycles. The predicted molar refractivity (Wildman–Crippen MR) is 85.0 cm³/mol. The number of nitrogens with one attached hydrogen (secondary N) is 1. The van der Waals surface area contributed by atoms with Crippen LogP contribution in [0.3, 0.4) is 0 Å². The minimum Gasteiger partial charge on any atom is -0.319 e. The summed E-state index contributed by atoms with van der Waals surface area (Å²) >= 11 is 1.93. The van der Waals surface area contributed by atoms with Crippen LogP contribution in [0.15, 0.2) is 11.4 Å².